The minimum Gasteiger partial charge on any atom is -0.368 e. The second-order valence-corrected chi connectivity index (χ2v) is 8.97. The fourth-order valence-electron chi connectivity index (χ4n) is 3.89. The van der Waals surface area contributed by atoms with E-state index in [1.165, 1.54) is 6.08 Å². The molecule has 1 aliphatic rings. The molecule has 5 nitrogen and oxygen atoms in total. The number of piperazine rings is 1. The first-order chi connectivity index (χ1) is 16.4. The first kappa shape index (κ1) is 23.9. The first-order valence-electron chi connectivity index (χ1n) is 11.0. The van der Waals surface area contributed by atoms with Gasteiger partial charge in [-0.15, -0.1) is 0 Å². The van der Waals surface area contributed by atoms with Gasteiger partial charge in [-0.25, -0.2) is 0 Å². The van der Waals surface area contributed by atoms with Crippen LogP contribution in [0.5, 0.6) is 0 Å². The van der Waals surface area contributed by atoms with Crippen LogP contribution >= 0.6 is 23.2 Å². The van der Waals surface area contributed by atoms with Gasteiger partial charge in [0.15, 0.2) is 0 Å². The molecule has 1 aliphatic heterocycles. The van der Waals surface area contributed by atoms with Crippen LogP contribution in [0.3, 0.4) is 0 Å². The van der Waals surface area contributed by atoms with Crippen LogP contribution in [-0.4, -0.2) is 42.9 Å². The van der Waals surface area contributed by atoms with Crippen molar-refractivity contribution in [3.63, 3.8) is 0 Å². The molecular weight excluding hydrogens is 469 g/mol. The van der Waals surface area contributed by atoms with Crippen LogP contribution in [0, 0.1) is 6.92 Å². The van der Waals surface area contributed by atoms with E-state index in [1.54, 1.807) is 24.3 Å². The van der Waals surface area contributed by atoms with Gasteiger partial charge in [-0.05, 0) is 66.6 Å². The predicted octanol–water partition coefficient (Wildman–Crippen LogP) is 5.92. The molecule has 0 saturated carbocycles. The highest BCUT2D eigenvalue weighted by molar-refractivity contribution is 6.35. The van der Waals surface area contributed by atoms with Crippen LogP contribution in [-0.2, 0) is 4.79 Å². The van der Waals surface area contributed by atoms with Crippen LogP contribution in [0.25, 0.3) is 6.08 Å². The molecule has 3 aromatic carbocycles. The van der Waals surface area contributed by atoms with Crippen LogP contribution in [0.1, 0.15) is 21.5 Å². The standard InChI is InChI=1S/C27H25Cl2N3O2/c1-19-4-2-3-5-24(19)27(34)32-16-14-31(15-17-32)23-11-9-22(10-12-23)30-26(33)13-7-20-6-8-21(28)18-25(20)29/h2-13,18H,14-17H2,1H3,(H,30,33)/b13-7+. The highest BCUT2D eigenvalue weighted by Crippen LogP contribution is 2.23. The summed E-state index contributed by atoms with van der Waals surface area (Å²) in [6.45, 7) is 4.82. The maximum Gasteiger partial charge on any atom is 0.254 e. The van der Waals surface area contributed by atoms with Gasteiger partial charge in [0, 0.05) is 59.2 Å². The number of benzene rings is 3. The van der Waals surface area contributed by atoms with Gasteiger partial charge < -0.3 is 15.1 Å². The van der Waals surface area contributed by atoms with Crippen molar-refractivity contribution in [1.29, 1.82) is 0 Å². The number of aryl methyl sites for hydroxylation is 1. The van der Waals surface area contributed by atoms with Gasteiger partial charge in [0.25, 0.3) is 5.91 Å². The fourth-order valence-corrected chi connectivity index (χ4v) is 4.36. The molecule has 1 fully saturated rings. The Morgan fingerprint density at radius 2 is 1.62 bits per heavy atom. The second-order valence-electron chi connectivity index (χ2n) is 8.13. The number of anilines is 2. The van der Waals surface area contributed by atoms with E-state index in [9.17, 15) is 9.59 Å². The Kier molecular flexibility index (Phi) is 7.56. The maximum absolute atomic E-state index is 12.8. The van der Waals surface area contributed by atoms with Gasteiger partial charge in [-0.3, -0.25) is 9.59 Å². The van der Waals surface area contributed by atoms with Crippen molar-refractivity contribution in [3.8, 4) is 0 Å². The molecule has 0 radical (unpaired) electrons. The molecule has 34 heavy (non-hydrogen) atoms. The van der Waals surface area contributed by atoms with E-state index in [0.29, 0.717) is 28.8 Å². The molecule has 0 spiro atoms. The first-order valence-corrected chi connectivity index (χ1v) is 11.8. The summed E-state index contributed by atoms with van der Waals surface area (Å²) in [5.74, 6) is -0.161. The zero-order valence-electron chi connectivity index (χ0n) is 18.8. The minimum atomic E-state index is -0.248. The summed E-state index contributed by atoms with van der Waals surface area (Å²) < 4.78 is 0. The zero-order valence-corrected chi connectivity index (χ0v) is 20.3. The predicted molar refractivity (Wildman–Crippen MR) is 140 cm³/mol. The summed E-state index contributed by atoms with van der Waals surface area (Å²) in [7, 11) is 0. The van der Waals surface area contributed by atoms with Crippen LogP contribution in [0.4, 0.5) is 11.4 Å². The summed E-state index contributed by atoms with van der Waals surface area (Å²) >= 11 is 12.0. The van der Waals surface area contributed by atoms with Crippen LogP contribution in [0.2, 0.25) is 10.0 Å². The molecule has 0 atom stereocenters. The number of amides is 2. The number of nitrogens with zero attached hydrogens (tertiary/aromatic N) is 2. The average Bonchev–Trinajstić information content (AvgIpc) is 2.84. The van der Waals surface area contributed by atoms with E-state index in [1.807, 2.05) is 60.4 Å². The van der Waals surface area contributed by atoms with Crippen molar-refractivity contribution in [2.45, 2.75) is 6.92 Å². The molecule has 0 unspecified atom stereocenters. The number of hydrogen-bond acceptors (Lipinski definition) is 3. The highest BCUT2D eigenvalue weighted by atomic mass is 35.5. The highest BCUT2D eigenvalue weighted by Gasteiger charge is 2.23. The molecule has 0 aliphatic carbocycles. The Bertz CT molecular complexity index is 1220. The van der Waals surface area contributed by atoms with Crippen molar-refractivity contribution in [2.75, 3.05) is 36.4 Å². The van der Waals surface area contributed by atoms with E-state index in [0.717, 1.165) is 35.5 Å². The molecule has 1 N–H and O–H groups in total. The smallest absolute Gasteiger partial charge is 0.254 e. The lowest BCUT2D eigenvalue weighted by Gasteiger charge is -2.36. The molecule has 2 amide bonds. The van der Waals surface area contributed by atoms with Crippen LogP contribution in [0.15, 0.2) is 72.8 Å². The summed E-state index contributed by atoms with van der Waals surface area (Å²) in [6, 6.07) is 20.5. The minimum absolute atomic E-state index is 0.0868. The number of hydrogen-bond donors (Lipinski definition) is 1. The molecule has 174 valence electrons. The van der Waals surface area contributed by atoms with E-state index in [4.69, 9.17) is 23.2 Å². The van der Waals surface area contributed by atoms with Gasteiger partial charge in [0.05, 0.1) is 0 Å². The van der Waals surface area contributed by atoms with Crippen LogP contribution < -0.4 is 10.2 Å². The summed E-state index contributed by atoms with van der Waals surface area (Å²) in [5, 5.41) is 3.89. The van der Waals surface area contributed by atoms with Crippen molar-refractivity contribution in [2.24, 2.45) is 0 Å². The monoisotopic (exact) mass is 493 g/mol. The van der Waals surface area contributed by atoms with Gasteiger partial charge in [-0.2, -0.15) is 0 Å². The molecular formula is C27H25Cl2N3O2. The fraction of sp³-hybridized carbons (Fsp3) is 0.185. The summed E-state index contributed by atoms with van der Waals surface area (Å²) in [4.78, 5) is 29.3. The Morgan fingerprint density at radius 1 is 0.912 bits per heavy atom. The van der Waals surface area contributed by atoms with Crippen molar-refractivity contribution < 1.29 is 9.59 Å². The third-order valence-electron chi connectivity index (χ3n) is 5.82. The van der Waals surface area contributed by atoms with Crippen molar-refractivity contribution in [1.82, 2.24) is 4.90 Å². The van der Waals surface area contributed by atoms with E-state index in [-0.39, 0.29) is 11.8 Å². The Morgan fingerprint density at radius 3 is 2.29 bits per heavy atom. The second kappa shape index (κ2) is 10.8. The van der Waals surface area contributed by atoms with Crippen molar-refractivity contribution in [3.05, 3.63) is 99.5 Å². The molecule has 0 aromatic heterocycles. The van der Waals surface area contributed by atoms with Gasteiger partial charge >= 0.3 is 0 Å². The van der Waals surface area contributed by atoms with Gasteiger partial charge in [0.1, 0.15) is 0 Å². The van der Waals surface area contributed by atoms with Crippen molar-refractivity contribution >= 4 is 52.5 Å². The van der Waals surface area contributed by atoms with E-state index in [2.05, 4.69) is 10.2 Å². The molecule has 1 heterocycles. The Labute approximate surface area is 209 Å². The number of nitrogens with one attached hydrogen (secondary N) is 1. The Hall–Kier alpha value is -3.28. The maximum atomic E-state index is 12.8. The molecule has 3 aromatic rings. The normalized spacial score (nSPS) is 13.9. The Balaban J connectivity index is 1.31. The molecule has 7 heteroatoms. The molecule has 0 bridgehead atoms. The summed E-state index contributed by atoms with van der Waals surface area (Å²) in [6.07, 6.45) is 3.09. The lowest BCUT2D eigenvalue weighted by Crippen LogP contribution is -2.48. The third-order valence-corrected chi connectivity index (χ3v) is 6.38. The lowest BCUT2D eigenvalue weighted by atomic mass is 10.1. The SMILES string of the molecule is Cc1ccccc1C(=O)N1CCN(c2ccc(NC(=O)/C=C/c3ccc(Cl)cc3Cl)cc2)CC1. The third kappa shape index (κ3) is 5.79. The number of carbonyl (C=O) groups excluding carboxylic acids is 2. The quantitative estimate of drug-likeness (QED) is 0.449. The van der Waals surface area contributed by atoms with E-state index >= 15 is 0 Å². The summed E-state index contributed by atoms with van der Waals surface area (Å²) in [5.41, 5.74) is 4.25. The zero-order chi connectivity index (χ0) is 24.1. The molecule has 1 saturated heterocycles. The molecule has 4 rings (SSSR count). The van der Waals surface area contributed by atoms with E-state index < -0.39 is 0 Å². The number of carbonyl (C=O) groups is 2. The largest absolute Gasteiger partial charge is 0.368 e. The lowest BCUT2D eigenvalue weighted by molar-refractivity contribution is -0.111. The number of rotatable bonds is 5. The van der Waals surface area contributed by atoms with Gasteiger partial charge in [-0.1, -0.05) is 47.5 Å². The number of halogens is 2. The average molecular weight is 494 g/mol. The topological polar surface area (TPSA) is 52.7 Å². The van der Waals surface area contributed by atoms with Gasteiger partial charge in [0.2, 0.25) is 5.91 Å².